The minimum atomic E-state index is -0.437. The Morgan fingerprint density at radius 2 is 2.23 bits per heavy atom. The Labute approximate surface area is 132 Å². The van der Waals surface area contributed by atoms with Gasteiger partial charge >= 0.3 is 0 Å². The van der Waals surface area contributed by atoms with Crippen LogP contribution >= 0.6 is 11.3 Å². The highest BCUT2D eigenvalue weighted by molar-refractivity contribution is 7.22. The number of carbonyl (C=O) groups is 1. The molecule has 1 aromatic carbocycles. The summed E-state index contributed by atoms with van der Waals surface area (Å²) in [4.78, 5) is 18.1. The van der Waals surface area contributed by atoms with Crippen LogP contribution in [-0.2, 0) is 0 Å². The van der Waals surface area contributed by atoms with Crippen molar-refractivity contribution in [1.29, 1.82) is 0 Å². The van der Waals surface area contributed by atoms with E-state index in [9.17, 15) is 9.90 Å². The van der Waals surface area contributed by atoms with Gasteiger partial charge in [0.25, 0.3) is 5.91 Å². The van der Waals surface area contributed by atoms with Crippen LogP contribution < -0.4 is 11.1 Å². The topological polar surface area (TPSA) is 91.5 Å². The van der Waals surface area contributed by atoms with E-state index in [-0.39, 0.29) is 18.0 Å². The number of aliphatic hydroxyl groups excluding tert-OH is 1. The van der Waals surface area contributed by atoms with Crippen LogP contribution in [0.1, 0.15) is 23.2 Å². The summed E-state index contributed by atoms with van der Waals surface area (Å²) in [7, 11) is 3.47. The average Bonchev–Trinajstić information content (AvgIpc) is 3.00. The highest BCUT2D eigenvalue weighted by atomic mass is 32.1. The largest absolute Gasteiger partial charge is 0.391 e. The van der Waals surface area contributed by atoms with E-state index in [0.717, 1.165) is 21.8 Å². The van der Waals surface area contributed by atoms with E-state index in [0.29, 0.717) is 12.0 Å². The lowest BCUT2D eigenvalue weighted by atomic mass is 10.2. The molecule has 1 aliphatic carbocycles. The third kappa shape index (κ3) is 2.92. The van der Waals surface area contributed by atoms with Gasteiger partial charge in [0.15, 0.2) is 5.13 Å². The van der Waals surface area contributed by atoms with Crippen LogP contribution in [0.3, 0.4) is 0 Å². The van der Waals surface area contributed by atoms with Crippen molar-refractivity contribution in [3.05, 3.63) is 23.8 Å². The number of anilines is 1. The zero-order chi connectivity index (χ0) is 15.9. The van der Waals surface area contributed by atoms with Crippen LogP contribution in [0.5, 0.6) is 0 Å². The number of aliphatic hydroxyl groups is 1. The Bertz CT molecular complexity index is 700. The first-order valence-electron chi connectivity index (χ1n) is 7.26. The molecule has 1 aromatic heterocycles. The molecule has 1 aliphatic rings. The molecule has 1 heterocycles. The van der Waals surface area contributed by atoms with Gasteiger partial charge in [-0.15, -0.1) is 0 Å². The van der Waals surface area contributed by atoms with Gasteiger partial charge in [0.2, 0.25) is 0 Å². The minimum Gasteiger partial charge on any atom is -0.391 e. The van der Waals surface area contributed by atoms with Crippen LogP contribution in [-0.4, -0.2) is 53.2 Å². The van der Waals surface area contributed by atoms with Crippen molar-refractivity contribution < 1.29 is 9.90 Å². The second kappa shape index (κ2) is 5.83. The SMILES string of the molecule is CN(C)C(=O)c1ccc2nc(N[C@@H]3C[C@@H](N)C[C@H]3O)sc2c1. The molecule has 118 valence electrons. The highest BCUT2D eigenvalue weighted by Gasteiger charge is 2.31. The van der Waals surface area contributed by atoms with Crippen molar-refractivity contribution in [2.75, 3.05) is 19.4 Å². The van der Waals surface area contributed by atoms with E-state index < -0.39 is 6.10 Å². The number of nitrogens with two attached hydrogens (primary N) is 1. The Balaban J connectivity index is 1.82. The number of nitrogens with zero attached hydrogens (tertiary/aromatic N) is 2. The maximum Gasteiger partial charge on any atom is 0.253 e. The number of thiazole rings is 1. The fourth-order valence-corrected chi connectivity index (χ4v) is 3.71. The summed E-state index contributed by atoms with van der Waals surface area (Å²) in [6.07, 6.45) is 0.916. The number of benzene rings is 1. The van der Waals surface area contributed by atoms with Crippen LogP contribution in [0.4, 0.5) is 5.13 Å². The van der Waals surface area contributed by atoms with Crippen molar-refractivity contribution >= 4 is 32.6 Å². The molecule has 3 rings (SSSR count). The number of nitrogens with one attached hydrogen (secondary N) is 1. The van der Waals surface area contributed by atoms with Crippen molar-refractivity contribution in [2.45, 2.75) is 31.0 Å². The van der Waals surface area contributed by atoms with Gasteiger partial charge < -0.3 is 21.1 Å². The molecule has 1 saturated carbocycles. The third-order valence-electron chi connectivity index (χ3n) is 3.92. The normalized spacial score (nSPS) is 24.6. The number of aromatic nitrogens is 1. The molecule has 2 aromatic rings. The fraction of sp³-hybridized carbons (Fsp3) is 0.467. The molecule has 7 heteroatoms. The molecule has 0 saturated heterocycles. The van der Waals surface area contributed by atoms with E-state index in [1.807, 2.05) is 12.1 Å². The monoisotopic (exact) mass is 320 g/mol. The molecule has 0 unspecified atom stereocenters. The lowest BCUT2D eigenvalue weighted by molar-refractivity contribution is 0.0828. The number of rotatable bonds is 3. The summed E-state index contributed by atoms with van der Waals surface area (Å²) in [6.45, 7) is 0. The Hall–Kier alpha value is -1.70. The number of hydrogen-bond acceptors (Lipinski definition) is 6. The van der Waals surface area contributed by atoms with Crippen LogP contribution in [0, 0.1) is 0 Å². The summed E-state index contributed by atoms with van der Waals surface area (Å²) in [5.74, 6) is -0.0259. The lowest BCUT2D eigenvalue weighted by Gasteiger charge is -2.14. The summed E-state index contributed by atoms with van der Waals surface area (Å²) < 4.78 is 0.951. The van der Waals surface area contributed by atoms with Gasteiger partial charge in [-0.1, -0.05) is 11.3 Å². The molecule has 6 nitrogen and oxygen atoms in total. The fourth-order valence-electron chi connectivity index (χ4n) is 2.75. The van der Waals surface area contributed by atoms with E-state index in [1.54, 1.807) is 25.1 Å². The van der Waals surface area contributed by atoms with E-state index >= 15 is 0 Å². The second-order valence-electron chi connectivity index (χ2n) is 5.95. The van der Waals surface area contributed by atoms with Gasteiger partial charge in [0.1, 0.15) is 0 Å². The quantitative estimate of drug-likeness (QED) is 0.792. The predicted molar refractivity (Wildman–Crippen MR) is 88.3 cm³/mol. The predicted octanol–water partition coefficient (Wildman–Crippen LogP) is 1.26. The van der Waals surface area contributed by atoms with Gasteiger partial charge in [-0.2, -0.15) is 0 Å². The maximum atomic E-state index is 12.0. The molecular weight excluding hydrogens is 300 g/mol. The Morgan fingerprint density at radius 1 is 1.45 bits per heavy atom. The number of amides is 1. The molecule has 1 amide bonds. The molecule has 22 heavy (non-hydrogen) atoms. The molecular formula is C15H20N4O2S. The van der Waals surface area contributed by atoms with Crippen LogP contribution in [0.15, 0.2) is 18.2 Å². The molecule has 0 spiro atoms. The van der Waals surface area contributed by atoms with Crippen LogP contribution in [0.25, 0.3) is 10.2 Å². The first kappa shape index (κ1) is 15.2. The first-order chi connectivity index (χ1) is 10.4. The van der Waals surface area contributed by atoms with Crippen molar-refractivity contribution in [3.63, 3.8) is 0 Å². The second-order valence-corrected chi connectivity index (χ2v) is 6.98. The summed E-state index contributed by atoms with van der Waals surface area (Å²) in [5.41, 5.74) is 7.36. The maximum absolute atomic E-state index is 12.0. The number of carbonyl (C=O) groups excluding carboxylic acids is 1. The van der Waals surface area contributed by atoms with Gasteiger partial charge in [0.05, 0.1) is 22.4 Å². The van der Waals surface area contributed by atoms with Crippen molar-refractivity contribution in [2.24, 2.45) is 5.73 Å². The molecule has 1 fully saturated rings. The van der Waals surface area contributed by atoms with Gasteiger partial charge in [-0.25, -0.2) is 4.98 Å². The third-order valence-corrected chi connectivity index (χ3v) is 4.87. The van der Waals surface area contributed by atoms with E-state index in [1.165, 1.54) is 11.3 Å². The van der Waals surface area contributed by atoms with Crippen molar-refractivity contribution in [3.8, 4) is 0 Å². The first-order valence-corrected chi connectivity index (χ1v) is 8.08. The standard InChI is InChI=1S/C15H20N4O2S/c1-19(2)14(21)8-3-4-10-13(5-8)22-15(17-10)18-11-6-9(16)7-12(11)20/h3-5,9,11-12,20H,6-7,16H2,1-2H3,(H,17,18)/t9-,11-,12-/m1/s1. The number of fused-ring (bicyclic) bond motifs is 1. The highest BCUT2D eigenvalue weighted by Crippen LogP contribution is 2.30. The Kier molecular flexibility index (Phi) is 4.03. The molecule has 3 atom stereocenters. The summed E-state index contributed by atoms with van der Waals surface area (Å²) in [5, 5.41) is 14.0. The molecule has 0 bridgehead atoms. The van der Waals surface area contributed by atoms with E-state index in [4.69, 9.17) is 5.73 Å². The zero-order valence-electron chi connectivity index (χ0n) is 12.6. The minimum absolute atomic E-state index is 0.0259. The molecule has 0 radical (unpaired) electrons. The van der Waals surface area contributed by atoms with Gasteiger partial charge in [-0.3, -0.25) is 4.79 Å². The Morgan fingerprint density at radius 3 is 2.86 bits per heavy atom. The van der Waals surface area contributed by atoms with E-state index in [2.05, 4.69) is 10.3 Å². The van der Waals surface area contributed by atoms with Crippen molar-refractivity contribution in [1.82, 2.24) is 9.88 Å². The zero-order valence-corrected chi connectivity index (χ0v) is 13.4. The summed E-state index contributed by atoms with van der Waals surface area (Å²) >= 11 is 1.49. The average molecular weight is 320 g/mol. The van der Waals surface area contributed by atoms with Gasteiger partial charge in [0, 0.05) is 25.7 Å². The molecule has 4 N–H and O–H groups in total. The van der Waals surface area contributed by atoms with Gasteiger partial charge in [-0.05, 0) is 31.0 Å². The smallest absolute Gasteiger partial charge is 0.253 e. The molecule has 0 aliphatic heterocycles. The summed E-state index contributed by atoms with van der Waals surface area (Å²) in [6, 6.07) is 5.47. The van der Waals surface area contributed by atoms with Crippen LogP contribution in [0.2, 0.25) is 0 Å². The lowest BCUT2D eigenvalue weighted by Crippen LogP contribution is -2.27. The number of hydrogen-bond donors (Lipinski definition) is 3.